The number of pyridine rings is 1. The van der Waals surface area contributed by atoms with E-state index in [0.717, 1.165) is 5.82 Å². The van der Waals surface area contributed by atoms with Gasteiger partial charge in [0.2, 0.25) is 5.91 Å². The number of rotatable bonds is 5. The van der Waals surface area contributed by atoms with Gasteiger partial charge in [0.25, 0.3) is 5.91 Å². The molecule has 0 radical (unpaired) electrons. The van der Waals surface area contributed by atoms with Gasteiger partial charge in [-0.25, -0.2) is 4.98 Å². The first-order chi connectivity index (χ1) is 10.9. The Bertz CT molecular complexity index is 577. The number of hydrogen-bond donors (Lipinski definition) is 1. The van der Waals surface area contributed by atoms with Crippen LogP contribution in [0.1, 0.15) is 24.2 Å². The fourth-order valence-corrected chi connectivity index (χ4v) is 3.40. The third kappa shape index (κ3) is 4.37. The molecule has 1 aromatic rings. The molecule has 7 heteroatoms. The lowest BCUT2D eigenvalue weighted by Crippen LogP contribution is -2.48. The van der Waals surface area contributed by atoms with E-state index in [-0.39, 0.29) is 11.8 Å². The number of carbonyl (C=O) groups excluding carboxylic acids is 2. The number of carbonyl (C=O) groups is 2. The molecule has 2 heterocycles. The van der Waals surface area contributed by atoms with E-state index in [1.54, 1.807) is 35.0 Å². The SMILES string of the molecule is CC(C)CNC(=O)[C@@H]1CSCN1C(=O)c1ccnc(N(C)C)c1. The standard InChI is InChI=1S/C16H24N4O2S/c1-11(2)8-18-15(21)13-9-23-10-20(13)16(22)12-5-6-17-14(7-12)19(3)4/h5-7,11,13H,8-10H2,1-4H3,(H,18,21)/t13-/m0/s1. The van der Waals surface area contributed by atoms with Crippen LogP contribution >= 0.6 is 11.8 Å². The molecule has 2 amide bonds. The molecule has 1 aliphatic heterocycles. The molecule has 0 aromatic carbocycles. The van der Waals surface area contributed by atoms with Crippen LogP contribution in [0.25, 0.3) is 0 Å². The van der Waals surface area contributed by atoms with E-state index in [0.29, 0.717) is 29.7 Å². The topological polar surface area (TPSA) is 65.5 Å². The molecule has 0 spiro atoms. The highest BCUT2D eigenvalue weighted by Crippen LogP contribution is 2.24. The van der Waals surface area contributed by atoms with Crippen LogP contribution in [0.2, 0.25) is 0 Å². The lowest BCUT2D eigenvalue weighted by Gasteiger charge is -2.24. The van der Waals surface area contributed by atoms with Gasteiger partial charge in [0.1, 0.15) is 11.9 Å². The smallest absolute Gasteiger partial charge is 0.255 e. The Morgan fingerprint density at radius 2 is 2.22 bits per heavy atom. The van der Waals surface area contributed by atoms with Gasteiger partial charge in [-0.3, -0.25) is 9.59 Å². The van der Waals surface area contributed by atoms with Crippen LogP contribution < -0.4 is 10.2 Å². The molecule has 1 saturated heterocycles. The highest BCUT2D eigenvalue weighted by atomic mass is 32.2. The molecular weight excluding hydrogens is 312 g/mol. The van der Waals surface area contributed by atoms with E-state index in [2.05, 4.69) is 10.3 Å². The molecule has 1 atom stereocenters. The lowest BCUT2D eigenvalue weighted by atomic mass is 10.1. The van der Waals surface area contributed by atoms with Crippen molar-refractivity contribution in [2.24, 2.45) is 5.92 Å². The van der Waals surface area contributed by atoms with Crippen molar-refractivity contribution in [2.75, 3.05) is 37.2 Å². The van der Waals surface area contributed by atoms with Gasteiger partial charge in [-0.05, 0) is 18.1 Å². The van der Waals surface area contributed by atoms with Crippen LogP contribution in [0.5, 0.6) is 0 Å². The molecular formula is C16H24N4O2S. The summed E-state index contributed by atoms with van der Waals surface area (Å²) in [4.78, 5) is 32.8. The molecule has 23 heavy (non-hydrogen) atoms. The maximum absolute atomic E-state index is 12.8. The van der Waals surface area contributed by atoms with E-state index < -0.39 is 6.04 Å². The second-order valence-electron chi connectivity index (χ2n) is 6.23. The molecule has 0 bridgehead atoms. The molecule has 1 aromatic heterocycles. The third-order valence-electron chi connectivity index (χ3n) is 3.58. The Balaban J connectivity index is 2.11. The van der Waals surface area contributed by atoms with Gasteiger partial charge in [0.05, 0.1) is 5.88 Å². The van der Waals surface area contributed by atoms with Gasteiger partial charge in [0.15, 0.2) is 0 Å². The minimum Gasteiger partial charge on any atom is -0.363 e. The van der Waals surface area contributed by atoms with Gasteiger partial charge in [-0.15, -0.1) is 11.8 Å². The van der Waals surface area contributed by atoms with Gasteiger partial charge in [0, 0.05) is 38.2 Å². The fourth-order valence-electron chi connectivity index (χ4n) is 2.24. The third-order valence-corrected chi connectivity index (χ3v) is 4.59. The Morgan fingerprint density at radius 3 is 2.87 bits per heavy atom. The van der Waals surface area contributed by atoms with Crippen molar-refractivity contribution < 1.29 is 9.59 Å². The van der Waals surface area contributed by atoms with Crippen molar-refractivity contribution >= 4 is 29.4 Å². The van der Waals surface area contributed by atoms with Crippen molar-refractivity contribution in [2.45, 2.75) is 19.9 Å². The quantitative estimate of drug-likeness (QED) is 0.881. The van der Waals surface area contributed by atoms with Crippen LogP contribution in [-0.4, -0.2) is 60.0 Å². The first-order valence-electron chi connectivity index (χ1n) is 7.70. The summed E-state index contributed by atoms with van der Waals surface area (Å²) in [6.07, 6.45) is 1.62. The van der Waals surface area contributed by atoms with Crippen molar-refractivity contribution in [1.82, 2.24) is 15.2 Å². The van der Waals surface area contributed by atoms with Crippen LogP contribution in [0.3, 0.4) is 0 Å². The molecule has 1 aliphatic rings. The maximum atomic E-state index is 12.8. The summed E-state index contributed by atoms with van der Waals surface area (Å²) in [7, 11) is 3.76. The second kappa shape index (κ2) is 7.68. The van der Waals surface area contributed by atoms with Crippen molar-refractivity contribution in [3.63, 3.8) is 0 Å². The summed E-state index contributed by atoms with van der Waals surface area (Å²) in [5, 5.41) is 2.92. The number of nitrogens with one attached hydrogen (secondary N) is 1. The monoisotopic (exact) mass is 336 g/mol. The Morgan fingerprint density at radius 1 is 1.48 bits per heavy atom. The minimum absolute atomic E-state index is 0.0704. The van der Waals surface area contributed by atoms with Crippen LogP contribution in [0, 0.1) is 5.92 Å². The number of amides is 2. The summed E-state index contributed by atoms with van der Waals surface area (Å²) >= 11 is 1.60. The number of anilines is 1. The van der Waals surface area contributed by atoms with Gasteiger partial charge in [-0.2, -0.15) is 0 Å². The Kier molecular flexibility index (Phi) is 5.87. The molecule has 0 aliphatic carbocycles. The summed E-state index contributed by atoms with van der Waals surface area (Å²) < 4.78 is 0. The van der Waals surface area contributed by atoms with E-state index >= 15 is 0 Å². The van der Waals surface area contributed by atoms with E-state index in [1.807, 2.05) is 32.8 Å². The lowest BCUT2D eigenvalue weighted by molar-refractivity contribution is -0.124. The summed E-state index contributed by atoms with van der Waals surface area (Å²) in [6.45, 7) is 4.72. The highest BCUT2D eigenvalue weighted by molar-refractivity contribution is 7.99. The largest absolute Gasteiger partial charge is 0.363 e. The molecule has 6 nitrogen and oxygen atoms in total. The maximum Gasteiger partial charge on any atom is 0.255 e. The van der Waals surface area contributed by atoms with Crippen molar-refractivity contribution in [3.05, 3.63) is 23.9 Å². The van der Waals surface area contributed by atoms with E-state index in [9.17, 15) is 9.59 Å². The number of aromatic nitrogens is 1. The number of hydrogen-bond acceptors (Lipinski definition) is 5. The molecule has 2 rings (SSSR count). The first kappa shape index (κ1) is 17.6. The molecule has 0 unspecified atom stereocenters. The summed E-state index contributed by atoms with van der Waals surface area (Å²) in [5.74, 6) is 2.10. The normalized spacial score (nSPS) is 17.4. The van der Waals surface area contributed by atoms with Crippen LogP contribution in [0.15, 0.2) is 18.3 Å². The zero-order valence-corrected chi connectivity index (χ0v) is 14.9. The zero-order chi connectivity index (χ0) is 17.0. The first-order valence-corrected chi connectivity index (χ1v) is 8.85. The Labute approximate surface area is 141 Å². The van der Waals surface area contributed by atoms with Gasteiger partial charge < -0.3 is 15.1 Å². The van der Waals surface area contributed by atoms with Crippen LogP contribution in [0.4, 0.5) is 5.82 Å². The summed E-state index contributed by atoms with van der Waals surface area (Å²) in [5.41, 5.74) is 0.563. The number of thioether (sulfide) groups is 1. The van der Waals surface area contributed by atoms with E-state index in [1.165, 1.54) is 0 Å². The molecule has 1 N–H and O–H groups in total. The molecule has 126 valence electrons. The van der Waals surface area contributed by atoms with Crippen molar-refractivity contribution in [3.8, 4) is 0 Å². The molecule has 1 fully saturated rings. The van der Waals surface area contributed by atoms with Crippen molar-refractivity contribution in [1.29, 1.82) is 0 Å². The summed E-state index contributed by atoms with van der Waals surface area (Å²) in [6, 6.07) is 3.05. The fraction of sp³-hybridized carbons (Fsp3) is 0.562. The second-order valence-corrected chi connectivity index (χ2v) is 7.23. The predicted octanol–water partition coefficient (Wildman–Crippen LogP) is 1.43. The average Bonchev–Trinajstić information content (AvgIpc) is 3.01. The van der Waals surface area contributed by atoms with Gasteiger partial charge >= 0.3 is 0 Å². The highest BCUT2D eigenvalue weighted by Gasteiger charge is 2.35. The van der Waals surface area contributed by atoms with Crippen LogP contribution in [-0.2, 0) is 4.79 Å². The average molecular weight is 336 g/mol. The van der Waals surface area contributed by atoms with E-state index in [4.69, 9.17) is 0 Å². The molecule has 0 saturated carbocycles. The zero-order valence-electron chi connectivity index (χ0n) is 14.1. The van der Waals surface area contributed by atoms with Gasteiger partial charge in [-0.1, -0.05) is 13.8 Å². The predicted molar refractivity (Wildman–Crippen MR) is 93.7 cm³/mol. The Hall–Kier alpha value is -1.76. The number of nitrogens with zero attached hydrogens (tertiary/aromatic N) is 3. The minimum atomic E-state index is -0.401.